The zero-order chi connectivity index (χ0) is 22.0. The van der Waals surface area contributed by atoms with Crippen molar-refractivity contribution in [3.05, 3.63) is 58.3 Å². The van der Waals surface area contributed by atoms with E-state index in [2.05, 4.69) is 31.5 Å². The van der Waals surface area contributed by atoms with Crippen molar-refractivity contribution in [2.75, 3.05) is 11.9 Å². The third-order valence-corrected chi connectivity index (χ3v) is 5.20. The SMILES string of the molecule is Cc1cc(Br)ccc1NC(=O)CNC(=O)C(C(C)C)n1cnc2cc(F)c(F)cc21. The van der Waals surface area contributed by atoms with Crippen LogP contribution in [0.4, 0.5) is 14.5 Å². The summed E-state index contributed by atoms with van der Waals surface area (Å²) in [5, 5.41) is 5.37. The lowest BCUT2D eigenvalue weighted by atomic mass is 10.0. The van der Waals surface area contributed by atoms with Gasteiger partial charge in [0.15, 0.2) is 11.6 Å². The molecule has 0 aliphatic heterocycles. The number of nitrogens with zero attached hydrogens (tertiary/aromatic N) is 2. The number of rotatable bonds is 6. The molecule has 158 valence electrons. The van der Waals surface area contributed by atoms with E-state index in [1.54, 1.807) is 6.07 Å². The molecule has 0 saturated carbocycles. The van der Waals surface area contributed by atoms with Gasteiger partial charge in [0.1, 0.15) is 6.04 Å². The number of carbonyl (C=O) groups is 2. The maximum atomic E-state index is 13.7. The van der Waals surface area contributed by atoms with E-state index in [4.69, 9.17) is 0 Å². The van der Waals surface area contributed by atoms with Crippen molar-refractivity contribution in [2.24, 2.45) is 5.92 Å². The van der Waals surface area contributed by atoms with Crippen LogP contribution >= 0.6 is 15.9 Å². The van der Waals surface area contributed by atoms with Crippen molar-refractivity contribution in [1.29, 1.82) is 0 Å². The van der Waals surface area contributed by atoms with Gasteiger partial charge < -0.3 is 15.2 Å². The summed E-state index contributed by atoms with van der Waals surface area (Å²) in [4.78, 5) is 29.2. The number of hydrogen-bond acceptors (Lipinski definition) is 3. The number of aromatic nitrogens is 2. The highest BCUT2D eigenvalue weighted by Gasteiger charge is 2.26. The number of amides is 2. The Bertz CT molecular complexity index is 1110. The fourth-order valence-corrected chi connectivity index (χ4v) is 3.70. The molecule has 0 radical (unpaired) electrons. The molecule has 1 heterocycles. The second-order valence-electron chi connectivity index (χ2n) is 7.32. The van der Waals surface area contributed by atoms with Crippen molar-refractivity contribution < 1.29 is 18.4 Å². The smallest absolute Gasteiger partial charge is 0.243 e. The number of imidazole rings is 1. The highest BCUT2D eigenvalue weighted by molar-refractivity contribution is 9.10. The Kier molecular flexibility index (Phi) is 6.50. The minimum Gasteiger partial charge on any atom is -0.345 e. The van der Waals surface area contributed by atoms with Crippen LogP contribution in [-0.2, 0) is 9.59 Å². The lowest BCUT2D eigenvalue weighted by molar-refractivity contribution is -0.127. The summed E-state index contributed by atoms with van der Waals surface area (Å²) in [6.07, 6.45) is 1.37. The molecular weight excluding hydrogens is 458 g/mol. The molecule has 3 aromatic rings. The maximum Gasteiger partial charge on any atom is 0.243 e. The van der Waals surface area contributed by atoms with Crippen LogP contribution in [-0.4, -0.2) is 27.9 Å². The average Bonchev–Trinajstić information content (AvgIpc) is 3.05. The molecule has 0 bridgehead atoms. The van der Waals surface area contributed by atoms with Gasteiger partial charge in [-0.15, -0.1) is 0 Å². The van der Waals surface area contributed by atoms with Crippen LogP contribution in [0.5, 0.6) is 0 Å². The van der Waals surface area contributed by atoms with E-state index < -0.39 is 23.6 Å². The third kappa shape index (κ3) is 4.67. The van der Waals surface area contributed by atoms with Crippen LogP contribution in [0.1, 0.15) is 25.5 Å². The molecule has 1 aromatic heterocycles. The van der Waals surface area contributed by atoms with Crippen LogP contribution < -0.4 is 10.6 Å². The van der Waals surface area contributed by atoms with E-state index in [1.807, 2.05) is 32.9 Å². The first-order valence-corrected chi connectivity index (χ1v) is 10.1. The van der Waals surface area contributed by atoms with E-state index in [0.717, 1.165) is 22.2 Å². The van der Waals surface area contributed by atoms with Crippen LogP contribution in [0.15, 0.2) is 41.1 Å². The van der Waals surface area contributed by atoms with Gasteiger partial charge in [-0.05, 0) is 36.6 Å². The Labute approximate surface area is 180 Å². The molecular formula is C21H21BrF2N4O2. The lowest BCUT2D eigenvalue weighted by Crippen LogP contribution is -2.39. The Morgan fingerprint density at radius 1 is 1.17 bits per heavy atom. The lowest BCUT2D eigenvalue weighted by Gasteiger charge is -2.22. The van der Waals surface area contributed by atoms with Crippen molar-refractivity contribution in [2.45, 2.75) is 26.8 Å². The van der Waals surface area contributed by atoms with Gasteiger partial charge in [0, 0.05) is 22.3 Å². The van der Waals surface area contributed by atoms with Crippen molar-refractivity contribution in [3.8, 4) is 0 Å². The number of aryl methyl sites for hydroxylation is 1. The second kappa shape index (κ2) is 8.91. The standard InChI is InChI=1S/C21H21BrF2N4O2/c1-11(2)20(28-10-26-17-7-14(23)15(24)8-18(17)28)21(30)25-9-19(29)27-16-5-4-13(22)6-12(16)3/h4-8,10-11,20H,9H2,1-3H3,(H,25,30)(H,27,29). The van der Waals surface area contributed by atoms with Gasteiger partial charge in [0.2, 0.25) is 11.8 Å². The fourth-order valence-electron chi connectivity index (χ4n) is 3.23. The number of carbonyl (C=O) groups excluding carboxylic acids is 2. The summed E-state index contributed by atoms with van der Waals surface area (Å²) in [5.74, 6) is -3.00. The average molecular weight is 479 g/mol. The minimum absolute atomic E-state index is 0.188. The molecule has 1 atom stereocenters. The number of hydrogen-bond donors (Lipinski definition) is 2. The monoisotopic (exact) mass is 478 g/mol. The number of fused-ring (bicyclic) bond motifs is 1. The quantitative estimate of drug-likeness (QED) is 0.553. The molecule has 2 amide bonds. The van der Waals surface area contributed by atoms with E-state index in [1.165, 1.54) is 10.9 Å². The topological polar surface area (TPSA) is 76.0 Å². The zero-order valence-corrected chi connectivity index (χ0v) is 18.3. The molecule has 9 heteroatoms. The third-order valence-electron chi connectivity index (χ3n) is 4.70. The number of benzene rings is 2. The molecule has 0 saturated heterocycles. The first-order chi connectivity index (χ1) is 14.2. The van der Waals surface area contributed by atoms with Crippen LogP contribution in [0.2, 0.25) is 0 Å². The van der Waals surface area contributed by atoms with E-state index in [9.17, 15) is 18.4 Å². The van der Waals surface area contributed by atoms with Crippen molar-refractivity contribution in [1.82, 2.24) is 14.9 Å². The van der Waals surface area contributed by atoms with Gasteiger partial charge in [-0.25, -0.2) is 13.8 Å². The summed E-state index contributed by atoms with van der Waals surface area (Å²) in [6.45, 7) is 5.27. The van der Waals surface area contributed by atoms with E-state index in [0.29, 0.717) is 11.2 Å². The highest BCUT2D eigenvalue weighted by atomic mass is 79.9. The Hall–Kier alpha value is -2.81. The first-order valence-electron chi connectivity index (χ1n) is 9.32. The molecule has 6 nitrogen and oxygen atoms in total. The second-order valence-corrected chi connectivity index (χ2v) is 8.24. The molecule has 2 N–H and O–H groups in total. The molecule has 0 aliphatic rings. The molecule has 0 spiro atoms. The predicted molar refractivity (Wildman–Crippen MR) is 114 cm³/mol. The first kappa shape index (κ1) is 21.9. The van der Waals surface area contributed by atoms with Gasteiger partial charge in [-0.3, -0.25) is 9.59 Å². The van der Waals surface area contributed by atoms with Gasteiger partial charge in [-0.1, -0.05) is 29.8 Å². The van der Waals surface area contributed by atoms with Gasteiger partial charge in [-0.2, -0.15) is 0 Å². The van der Waals surface area contributed by atoms with Gasteiger partial charge >= 0.3 is 0 Å². The number of halogens is 3. The Morgan fingerprint density at radius 2 is 1.87 bits per heavy atom. The van der Waals surface area contributed by atoms with E-state index in [-0.39, 0.29) is 23.9 Å². The fraction of sp³-hybridized carbons (Fsp3) is 0.286. The predicted octanol–water partition coefficient (Wildman–Crippen LogP) is 4.34. The largest absolute Gasteiger partial charge is 0.345 e. The van der Waals surface area contributed by atoms with Crippen LogP contribution in [0, 0.1) is 24.5 Å². The maximum absolute atomic E-state index is 13.7. The molecule has 0 fully saturated rings. The van der Waals surface area contributed by atoms with Crippen molar-refractivity contribution in [3.63, 3.8) is 0 Å². The van der Waals surface area contributed by atoms with Gasteiger partial charge in [0.25, 0.3) is 0 Å². The summed E-state index contributed by atoms with van der Waals surface area (Å²) < 4.78 is 29.6. The van der Waals surface area contributed by atoms with Crippen LogP contribution in [0.3, 0.4) is 0 Å². The minimum atomic E-state index is -1.02. The van der Waals surface area contributed by atoms with Crippen molar-refractivity contribution >= 4 is 44.5 Å². The Morgan fingerprint density at radius 3 is 2.53 bits per heavy atom. The summed E-state index contributed by atoms with van der Waals surface area (Å²) >= 11 is 3.36. The number of nitrogens with one attached hydrogen (secondary N) is 2. The molecule has 2 aromatic carbocycles. The summed E-state index contributed by atoms with van der Waals surface area (Å²) in [7, 11) is 0. The molecule has 0 aliphatic carbocycles. The summed E-state index contributed by atoms with van der Waals surface area (Å²) in [6, 6.07) is 6.70. The Balaban J connectivity index is 1.73. The summed E-state index contributed by atoms with van der Waals surface area (Å²) in [5.41, 5.74) is 2.08. The van der Waals surface area contributed by atoms with Crippen LogP contribution in [0.25, 0.3) is 11.0 Å². The number of anilines is 1. The molecule has 30 heavy (non-hydrogen) atoms. The molecule has 3 rings (SSSR count). The highest BCUT2D eigenvalue weighted by Crippen LogP contribution is 2.25. The van der Waals surface area contributed by atoms with Gasteiger partial charge in [0.05, 0.1) is 23.9 Å². The zero-order valence-electron chi connectivity index (χ0n) is 16.7. The molecule has 1 unspecified atom stereocenters. The van der Waals surface area contributed by atoms with E-state index >= 15 is 0 Å². The normalized spacial score (nSPS) is 12.2.